The fourth-order valence-corrected chi connectivity index (χ4v) is 1.66. The van der Waals surface area contributed by atoms with Crippen LogP contribution < -0.4 is 5.32 Å². The molecule has 0 aliphatic rings. The van der Waals surface area contributed by atoms with Gasteiger partial charge >= 0.3 is 53.8 Å². The highest BCUT2D eigenvalue weighted by Crippen LogP contribution is 2.62. The zero-order valence-corrected chi connectivity index (χ0v) is 15.7. The van der Waals surface area contributed by atoms with Crippen molar-refractivity contribution in [3.63, 3.8) is 0 Å². The van der Waals surface area contributed by atoms with E-state index in [2.05, 4.69) is 16.1 Å². The van der Waals surface area contributed by atoms with Gasteiger partial charge in [-0.3, -0.25) is 0 Å². The highest BCUT2D eigenvalue weighted by atomic mass is 19.4. The van der Waals surface area contributed by atoms with Crippen molar-refractivity contribution in [2.75, 3.05) is 19.8 Å². The summed E-state index contributed by atoms with van der Waals surface area (Å²) in [5, 5.41) is 1.39. The molecule has 0 saturated carbocycles. The van der Waals surface area contributed by atoms with Crippen LogP contribution in [0.4, 0.5) is 70.7 Å². The van der Waals surface area contributed by atoms with Gasteiger partial charge < -0.3 is 14.8 Å². The number of carbonyl (C=O) groups is 2. The smallest absolute Gasteiger partial charge is 0.460 e. The topological polar surface area (TPSA) is 64.6 Å². The fourth-order valence-electron chi connectivity index (χ4n) is 1.66. The molecule has 5 nitrogen and oxygen atoms in total. The van der Waals surface area contributed by atoms with Gasteiger partial charge in [-0.1, -0.05) is 6.58 Å². The highest BCUT2D eigenvalue weighted by Gasteiger charge is 2.93. The summed E-state index contributed by atoms with van der Waals surface area (Å²) in [4.78, 5) is 21.7. The number of hydrogen-bond donors (Lipinski definition) is 1. The lowest BCUT2D eigenvalue weighted by molar-refractivity contribution is -0.453. The molecular weight excluding hydrogens is 531 g/mol. The number of alkyl halides is 15. The summed E-state index contributed by atoms with van der Waals surface area (Å²) >= 11 is 0. The molecule has 0 spiro atoms. The molecule has 0 fully saturated rings. The molecule has 1 amide bonds. The Morgan fingerprint density at radius 1 is 0.676 bits per heavy atom. The standard InChI is InChI=1S/C14H10F15NO4/c1-2-6(31)33-4-3-30-7(32)34-5-8(15,16)9(17,18)10(19,20)11(21,22)12(23,24)13(25,26)14(27,28)29/h2H,1,3-5H2,(H,30,32). The number of carbonyl (C=O) groups excluding carboxylic acids is 2. The first-order chi connectivity index (χ1) is 14.8. The van der Waals surface area contributed by atoms with Crippen molar-refractivity contribution in [3.05, 3.63) is 12.7 Å². The van der Waals surface area contributed by atoms with Crippen LogP contribution in [0.3, 0.4) is 0 Å². The molecule has 0 aromatic carbocycles. The number of ether oxygens (including phenoxy) is 2. The van der Waals surface area contributed by atoms with Crippen LogP contribution in [0.5, 0.6) is 0 Å². The summed E-state index contributed by atoms with van der Waals surface area (Å²) in [7, 11) is 0. The number of alkyl carbamates (subject to hydrolysis) is 1. The van der Waals surface area contributed by atoms with Gasteiger partial charge in [0.05, 0.1) is 6.54 Å². The summed E-state index contributed by atoms with van der Waals surface area (Å²) in [5.74, 6) is -48.7. The third-order valence-electron chi connectivity index (χ3n) is 3.56. The molecule has 0 unspecified atom stereocenters. The Morgan fingerprint density at radius 3 is 1.50 bits per heavy atom. The molecule has 0 radical (unpaired) electrons. The Balaban J connectivity index is 5.69. The lowest BCUT2D eigenvalue weighted by Gasteiger charge is -2.41. The average molecular weight is 541 g/mol. The zero-order valence-electron chi connectivity index (χ0n) is 15.7. The quantitative estimate of drug-likeness (QED) is 0.177. The minimum atomic E-state index is -8.43. The maximum absolute atomic E-state index is 13.5. The summed E-state index contributed by atoms with van der Waals surface area (Å²) in [6.07, 6.45) is -9.26. The largest absolute Gasteiger partial charge is 0.461 e. The molecule has 1 N–H and O–H groups in total. The van der Waals surface area contributed by atoms with E-state index < -0.39 is 73.5 Å². The number of halogens is 15. The van der Waals surface area contributed by atoms with Crippen LogP contribution in [0.1, 0.15) is 0 Å². The van der Waals surface area contributed by atoms with E-state index >= 15 is 0 Å². The van der Waals surface area contributed by atoms with E-state index in [9.17, 15) is 75.4 Å². The molecule has 0 rings (SSSR count). The molecule has 0 aromatic heterocycles. The Kier molecular flexibility index (Phi) is 8.86. The Morgan fingerprint density at radius 2 is 1.09 bits per heavy atom. The van der Waals surface area contributed by atoms with Crippen molar-refractivity contribution in [1.82, 2.24) is 5.32 Å². The predicted molar refractivity (Wildman–Crippen MR) is 76.2 cm³/mol. The van der Waals surface area contributed by atoms with Crippen LogP contribution in [-0.2, 0) is 14.3 Å². The monoisotopic (exact) mass is 541 g/mol. The molecule has 0 aliphatic heterocycles. The number of rotatable bonds is 11. The van der Waals surface area contributed by atoms with Gasteiger partial charge in [-0.2, -0.15) is 65.9 Å². The summed E-state index contributed by atoms with van der Waals surface area (Å²) < 4.78 is 202. The van der Waals surface area contributed by atoms with Crippen molar-refractivity contribution in [2.45, 2.75) is 41.7 Å². The van der Waals surface area contributed by atoms with E-state index in [1.807, 2.05) is 0 Å². The number of esters is 1. The molecule has 20 heteroatoms. The van der Waals surface area contributed by atoms with Gasteiger partial charge in [-0.15, -0.1) is 0 Å². The molecular formula is C14H10F15NO4. The second-order valence-corrected chi connectivity index (χ2v) is 5.95. The maximum Gasteiger partial charge on any atom is 0.460 e. The second-order valence-electron chi connectivity index (χ2n) is 5.95. The van der Waals surface area contributed by atoms with E-state index in [0.717, 1.165) is 0 Å². The second kappa shape index (κ2) is 9.59. The van der Waals surface area contributed by atoms with Gasteiger partial charge in [0.1, 0.15) is 6.61 Å². The fraction of sp³-hybridized carbons (Fsp3) is 0.714. The molecule has 0 saturated heterocycles. The third-order valence-corrected chi connectivity index (χ3v) is 3.56. The van der Waals surface area contributed by atoms with Crippen molar-refractivity contribution in [1.29, 1.82) is 0 Å². The number of amides is 1. The Hall–Kier alpha value is -2.57. The first kappa shape index (κ1) is 31.4. The Labute approximate surface area is 177 Å². The number of nitrogens with one attached hydrogen (secondary N) is 1. The van der Waals surface area contributed by atoms with Crippen molar-refractivity contribution >= 4 is 12.1 Å². The van der Waals surface area contributed by atoms with Crippen molar-refractivity contribution < 1.29 is 84.9 Å². The van der Waals surface area contributed by atoms with Crippen molar-refractivity contribution in [3.8, 4) is 0 Å². The normalized spacial score (nSPS) is 14.4. The minimum absolute atomic E-state index is 0.616. The highest BCUT2D eigenvalue weighted by molar-refractivity contribution is 5.81. The minimum Gasteiger partial charge on any atom is -0.461 e. The first-order valence-electron chi connectivity index (χ1n) is 7.88. The van der Waals surface area contributed by atoms with Crippen LogP contribution in [0.2, 0.25) is 0 Å². The van der Waals surface area contributed by atoms with Gasteiger partial charge in [0.2, 0.25) is 0 Å². The van der Waals surface area contributed by atoms with Gasteiger partial charge in [0, 0.05) is 6.08 Å². The third kappa shape index (κ3) is 5.39. The Bertz CT molecular complexity index is 763. The van der Waals surface area contributed by atoms with E-state index in [-0.39, 0.29) is 0 Å². The molecule has 0 bridgehead atoms. The summed E-state index contributed by atoms with van der Waals surface area (Å²) in [6.45, 7) is -1.86. The summed E-state index contributed by atoms with van der Waals surface area (Å²) in [6, 6.07) is 0. The van der Waals surface area contributed by atoms with E-state index in [1.165, 1.54) is 5.32 Å². The average Bonchev–Trinajstić information content (AvgIpc) is 2.67. The van der Waals surface area contributed by atoms with E-state index in [0.29, 0.717) is 6.08 Å². The van der Waals surface area contributed by atoms with E-state index in [1.54, 1.807) is 0 Å². The van der Waals surface area contributed by atoms with Crippen LogP contribution in [-0.4, -0.2) is 73.5 Å². The van der Waals surface area contributed by atoms with Crippen molar-refractivity contribution in [2.24, 2.45) is 0 Å². The van der Waals surface area contributed by atoms with Crippen LogP contribution in [0.25, 0.3) is 0 Å². The molecule has 0 heterocycles. The summed E-state index contributed by atoms with van der Waals surface area (Å²) in [5.41, 5.74) is 0. The van der Waals surface area contributed by atoms with Crippen LogP contribution in [0.15, 0.2) is 12.7 Å². The molecule has 0 aliphatic carbocycles. The first-order valence-corrected chi connectivity index (χ1v) is 7.88. The molecule has 0 aromatic rings. The van der Waals surface area contributed by atoms with Crippen LogP contribution in [0, 0.1) is 0 Å². The maximum atomic E-state index is 13.5. The van der Waals surface area contributed by atoms with Gasteiger partial charge in [-0.05, 0) is 0 Å². The number of hydrogen-bond acceptors (Lipinski definition) is 4. The predicted octanol–water partition coefficient (Wildman–Crippen LogP) is 4.82. The van der Waals surface area contributed by atoms with Gasteiger partial charge in [-0.25, -0.2) is 9.59 Å². The van der Waals surface area contributed by atoms with Gasteiger partial charge in [0.15, 0.2) is 6.61 Å². The molecule has 0 atom stereocenters. The van der Waals surface area contributed by atoms with Crippen LogP contribution >= 0.6 is 0 Å². The molecule has 200 valence electrons. The molecule has 34 heavy (non-hydrogen) atoms. The SMILES string of the molecule is C=CC(=O)OCCNC(=O)OCC(F)(F)C(F)(F)C(F)(F)C(F)(F)C(F)(F)C(F)(F)C(F)(F)F. The lowest BCUT2D eigenvalue weighted by atomic mass is 9.91. The van der Waals surface area contributed by atoms with E-state index in [4.69, 9.17) is 0 Å². The lowest BCUT2D eigenvalue weighted by Crippen LogP contribution is -2.73. The zero-order chi connectivity index (χ0) is 27.6. The van der Waals surface area contributed by atoms with Gasteiger partial charge in [0.25, 0.3) is 0 Å².